The van der Waals surface area contributed by atoms with E-state index < -0.39 is 0 Å². The predicted molar refractivity (Wildman–Crippen MR) is 98.2 cm³/mol. The second-order valence-electron chi connectivity index (χ2n) is 6.32. The number of rotatable bonds is 4. The van der Waals surface area contributed by atoms with Crippen LogP contribution in [0.5, 0.6) is 5.75 Å². The van der Waals surface area contributed by atoms with Crippen molar-refractivity contribution in [1.82, 2.24) is 20.4 Å². The summed E-state index contributed by atoms with van der Waals surface area (Å²) in [6, 6.07) is 7.23. The molecule has 0 saturated carbocycles. The Labute approximate surface area is 156 Å². The maximum atomic E-state index is 6.00. The summed E-state index contributed by atoms with van der Waals surface area (Å²) in [5, 5.41) is 8.16. The molecule has 7 heteroatoms. The molecule has 26 heavy (non-hydrogen) atoms. The number of nitrogens with one attached hydrogen (secondary N) is 1. The zero-order valence-electron chi connectivity index (χ0n) is 14.6. The lowest BCUT2D eigenvalue weighted by atomic mass is 9.95. The predicted octanol–water partition coefficient (Wildman–Crippen LogP) is 3.88. The van der Waals surface area contributed by atoms with Gasteiger partial charge in [0, 0.05) is 29.0 Å². The lowest BCUT2D eigenvalue weighted by Gasteiger charge is -2.19. The number of ether oxygens (including phenoxy) is 1. The van der Waals surface area contributed by atoms with Crippen LogP contribution in [0.4, 0.5) is 0 Å². The van der Waals surface area contributed by atoms with E-state index in [2.05, 4.69) is 20.4 Å². The van der Waals surface area contributed by atoms with E-state index in [9.17, 15) is 0 Å². The fourth-order valence-electron chi connectivity index (χ4n) is 3.16. The quantitative estimate of drug-likeness (QED) is 0.751. The van der Waals surface area contributed by atoms with Crippen LogP contribution in [0.25, 0.3) is 11.4 Å². The highest BCUT2D eigenvalue weighted by atomic mass is 35.5. The summed E-state index contributed by atoms with van der Waals surface area (Å²) < 4.78 is 11.3. The number of pyridine rings is 1. The van der Waals surface area contributed by atoms with Gasteiger partial charge in [-0.1, -0.05) is 22.8 Å². The molecule has 6 nitrogen and oxygen atoms in total. The summed E-state index contributed by atoms with van der Waals surface area (Å²) in [6.45, 7) is 5.59. The zero-order valence-corrected chi connectivity index (χ0v) is 15.4. The molecule has 3 aromatic rings. The summed E-state index contributed by atoms with van der Waals surface area (Å²) in [6.07, 6.45) is 2.46. The van der Waals surface area contributed by atoms with Crippen LogP contribution in [-0.4, -0.2) is 21.7 Å². The molecule has 4 rings (SSSR count). The SMILES string of the molecule is Cc1ncc2c(c1-c1noc([C@@H](C)Oc3cccc(Cl)c3)n1)CCNC2. The van der Waals surface area contributed by atoms with Crippen molar-refractivity contribution in [3.05, 3.63) is 58.2 Å². The molecule has 1 aliphatic heterocycles. The summed E-state index contributed by atoms with van der Waals surface area (Å²) in [5.41, 5.74) is 4.30. The fourth-order valence-corrected chi connectivity index (χ4v) is 3.34. The van der Waals surface area contributed by atoms with Crippen molar-refractivity contribution < 1.29 is 9.26 Å². The second kappa shape index (κ2) is 7.05. The van der Waals surface area contributed by atoms with Gasteiger partial charge in [0.15, 0.2) is 6.10 Å². The largest absolute Gasteiger partial charge is 0.481 e. The Hall–Kier alpha value is -2.44. The van der Waals surface area contributed by atoms with Gasteiger partial charge in [-0.2, -0.15) is 4.98 Å². The normalized spacial score (nSPS) is 14.7. The summed E-state index contributed by atoms with van der Waals surface area (Å²) in [4.78, 5) is 9.06. The van der Waals surface area contributed by atoms with Crippen molar-refractivity contribution in [2.45, 2.75) is 32.9 Å². The topological polar surface area (TPSA) is 73.1 Å². The van der Waals surface area contributed by atoms with Gasteiger partial charge in [-0.15, -0.1) is 0 Å². The molecule has 0 radical (unpaired) electrons. The van der Waals surface area contributed by atoms with Crippen LogP contribution in [0, 0.1) is 6.92 Å². The molecule has 2 aromatic heterocycles. The van der Waals surface area contributed by atoms with Crippen LogP contribution in [0.1, 0.15) is 35.7 Å². The minimum atomic E-state index is -0.385. The van der Waals surface area contributed by atoms with Crippen molar-refractivity contribution >= 4 is 11.6 Å². The third-order valence-corrected chi connectivity index (χ3v) is 4.69. The number of aromatic nitrogens is 3. The Morgan fingerprint density at radius 3 is 3.08 bits per heavy atom. The maximum Gasteiger partial charge on any atom is 0.267 e. The van der Waals surface area contributed by atoms with E-state index in [1.54, 1.807) is 12.1 Å². The van der Waals surface area contributed by atoms with Gasteiger partial charge in [-0.05, 0) is 56.1 Å². The summed E-state index contributed by atoms with van der Waals surface area (Å²) in [5.74, 6) is 1.64. The number of hydrogen-bond acceptors (Lipinski definition) is 6. The van der Waals surface area contributed by atoms with Gasteiger partial charge in [0.05, 0.1) is 0 Å². The van der Waals surface area contributed by atoms with Gasteiger partial charge < -0.3 is 14.6 Å². The van der Waals surface area contributed by atoms with Crippen molar-refractivity contribution in [3.8, 4) is 17.1 Å². The maximum absolute atomic E-state index is 6.00. The number of nitrogens with zero attached hydrogens (tertiary/aromatic N) is 3. The first-order valence-electron chi connectivity index (χ1n) is 8.56. The standard InChI is InChI=1S/C19H19ClN4O2/c1-11-17(16-6-7-21-9-13(16)10-22-11)18-23-19(26-24-18)12(2)25-15-5-3-4-14(20)8-15/h3-5,8,10,12,21H,6-7,9H2,1-2H3/t12-/m1/s1. The molecule has 0 saturated heterocycles. The first-order valence-corrected chi connectivity index (χ1v) is 8.94. The number of halogens is 1. The molecular formula is C19H19ClN4O2. The minimum Gasteiger partial charge on any atom is -0.481 e. The van der Waals surface area contributed by atoms with Crippen molar-refractivity contribution in [2.75, 3.05) is 6.54 Å². The van der Waals surface area contributed by atoms with Crippen molar-refractivity contribution in [2.24, 2.45) is 0 Å². The molecule has 0 spiro atoms. The molecule has 0 aliphatic carbocycles. The van der Waals surface area contributed by atoms with E-state index in [0.29, 0.717) is 22.5 Å². The molecule has 1 aliphatic rings. The molecule has 0 bridgehead atoms. The van der Waals surface area contributed by atoms with Crippen molar-refractivity contribution in [3.63, 3.8) is 0 Å². The average Bonchev–Trinajstić information content (AvgIpc) is 3.11. The summed E-state index contributed by atoms with van der Waals surface area (Å²) in [7, 11) is 0. The number of fused-ring (bicyclic) bond motifs is 1. The smallest absolute Gasteiger partial charge is 0.267 e. The van der Waals surface area contributed by atoms with E-state index in [4.69, 9.17) is 20.9 Å². The molecule has 134 valence electrons. The Balaban J connectivity index is 1.62. The highest BCUT2D eigenvalue weighted by Gasteiger charge is 2.23. The molecule has 1 N–H and O–H groups in total. The molecule has 1 aromatic carbocycles. The fraction of sp³-hybridized carbons (Fsp3) is 0.316. The van der Waals surface area contributed by atoms with Gasteiger partial charge in [0.1, 0.15) is 5.75 Å². The number of benzene rings is 1. The van der Waals surface area contributed by atoms with Crippen LogP contribution in [0.2, 0.25) is 5.02 Å². The van der Waals surface area contributed by atoms with Gasteiger partial charge >= 0.3 is 0 Å². The van der Waals surface area contributed by atoms with Gasteiger partial charge in [-0.3, -0.25) is 4.98 Å². The van der Waals surface area contributed by atoms with E-state index >= 15 is 0 Å². The molecule has 0 amide bonds. The van der Waals surface area contributed by atoms with E-state index in [-0.39, 0.29) is 6.10 Å². The van der Waals surface area contributed by atoms with Gasteiger partial charge in [0.2, 0.25) is 5.82 Å². The Morgan fingerprint density at radius 2 is 2.23 bits per heavy atom. The molecule has 1 atom stereocenters. The van der Waals surface area contributed by atoms with Crippen molar-refractivity contribution in [1.29, 1.82) is 0 Å². The van der Waals surface area contributed by atoms with Crippen LogP contribution < -0.4 is 10.1 Å². The summed E-state index contributed by atoms with van der Waals surface area (Å²) >= 11 is 6.00. The lowest BCUT2D eigenvalue weighted by molar-refractivity contribution is 0.176. The highest BCUT2D eigenvalue weighted by Crippen LogP contribution is 2.30. The third kappa shape index (κ3) is 3.30. The lowest BCUT2D eigenvalue weighted by Crippen LogP contribution is -2.24. The monoisotopic (exact) mass is 370 g/mol. The van der Waals surface area contributed by atoms with Crippen LogP contribution in [0.15, 0.2) is 35.0 Å². The molecule has 0 unspecified atom stereocenters. The van der Waals surface area contributed by atoms with Crippen LogP contribution >= 0.6 is 11.6 Å². The Morgan fingerprint density at radius 1 is 1.35 bits per heavy atom. The van der Waals surface area contributed by atoms with Crippen LogP contribution in [0.3, 0.4) is 0 Å². The number of hydrogen-bond donors (Lipinski definition) is 1. The number of aryl methyl sites for hydroxylation is 1. The third-order valence-electron chi connectivity index (χ3n) is 4.45. The first kappa shape index (κ1) is 17.0. The minimum absolute atomic E-state index is 0.385. The molecule has 0 fully saturated rings. The van der Waals surface area contributed by atoms with E-state index in [0.717, 1.165) is 30.8 Å². The Bertz CT molecular complexity index is 941. The first-order chi connectivity index (χ1) is 12.6. The second-order valence-corrected chi connectivity index (χ2v) is 6.76. The average molecular weight is 371 g/mol. The van der Waals surface area contributed by atoms with E-state index in [1.807, 2.05) is 32.2 Å². The van der Waals surface area contributed by atoms with Gasteiger partial charge in [-0.25, -0.2) is 0 Å². The van der Waals surface area contributed by atoms with Crippen LogP contribution in [-0.2, 0) is 13.0 Å². The Kier molecular flexibility index (Phi) is 4.61. The molecule has 3 heterocycles. The molecular weight excluding hydrogens is 352 g/mol. The van der Waals surface area contributed by atoms with Gasteiger partial charge in [0.25, 0.3) is 5.89 Å². The highest BCUT2D eigenvalue weighted by molar-refractivity contribution is 6.30. The van der Waals surface area contributed by atoms with E-state index in [1.165, 1.54) is 11.1 Å². The zero-order chi connectivity index (χ0) is 18.1.